The molecule has 0 saturated carbocycles. The molecule has 0 radical (unpaired) electrons. The second-order valence-corrected chi connectivity index (χ2v) is 4.99. The molecule has 92 valence electrons. The molecule has 0 bridgehead atoms. The van der Waals surface area contributed by atoms with Crippen molar-refractivity contribution in [2.45, 2.75) is 4.90 Å². The normalized spacial score (nSPS) is 10.7. The fourth-order valence-electron chi connectivity index (χ4n) is 1.54. The summed E-state index contributed by atoms with van der Waals surface area (Å²) in [5, 5.41) is 0. The van der Waals surface area contributed by atoms with Crippen LogP contribution in [-0.2, 0) is 10.1 Å². The second-order valence-electron chi connectivity index (χ2n) is 3.64. The Morgan fingerprint density at radius 1 is 0.950 bits per heavy atom. The SMILES string of the molecule is O=S(=O)([O-])c1ccccc1/C=C/c1[c-]cccc1.[Na+].[Na+]. The third-order valence-corrected chi connectivity index (χ3v) is 3.27. The largest absolute Gasteiger partial charge is 1.00 e. The van der Waals surface area contributed by atoms with Gasteiger partial charge in [0, 0.05) is 0 Å². The molecule has 0 aromatic heterocycles. The fourth-order valence-corrected chi connectivity index (χ4v) is 2.21. The average molecular weight is 304 g/mol. The molecule has 0 heterocycles. The standard InChI is InChI=1S/C14H11O3S.2Na/c15-18(16,17)14-9-5-4-8-13(14)11-10-12-6-2-1-3-7-12;;/h1-6,8-11H,(H,15,16,17);;/q-1;2*+1/p-1/b11-10+;;. The minimum absolute atomic E-state index is 0. The van der Waals surface area contributed by atoms with Gasteiger partial charge in [0.25, 0.3) is 0 Å². The molecule has 2 aromatic rings. The van der Waals surface area contributed by atoms with Gasteiger partial charge in [0.1, 0.15) is 10.1 Å². The topological polar surface area (TPSA) is 57.2 Å². The minimum atomic E-state index is -4.45. The van der Waals surface area contributed by atoms with E-state index in [0.29, 0.717) is 5.56 Å². The molecule has 0 spiro atoms. The van der Waals surface area contributed by atoms with Crippen molar-refractivity contribution in [1.29, 1.82) is 0 Å². The molecule has 20 heavy (non-hydrogen) atoms. The summed E-state index contributed by atoms with van der Waals surface area (Å²) in [7, 11) is -4.45. The summed E-state index contributed by atoms with van der Waals surface area (Å²) in [5.74, 6) is 0. The van der Waals surface area contributed by atoms with Gasteiger partial charge < -0.3 is 4.55 Å². The quantitative estimate of drug-likeness (QED) is 0.257. The number of rotatable bonds is 3. The molecule has 0 aliphatic carbocycles. The van der Waals surface area contributed by atoms with Crippen LogP contribution in [0, 0.1) is 6.07 Å². The molecule has 0 amide bonds. The van der Waals surface area contributed by atoms with E-state index in [1.165, 1.54) is 12.1 Å². The first-order valence-electron chi connectivity index (χ1n) is 5.27. The van der Waals surface area contributed by atoms with Gasteiger partial charge in [0.05, 0.1) is 4.90 Å². The Morgan fingerprint density at radius 2 is 1.60 bits per heavy atom. The number of benzene rings is 2. The Labute approximate surface area is 163 Å². The Bertz CT molecular complexity index is 668. The van der Waals surface area contributed by atoms with Gasteiger partial charge in [0.2, 0.25) is 0 Å². The molecule has 0 aliphatic rings. The van der Waals surface area contributed by atoms with Crippen LogP contribution in [0.2, 0.25) is 0 Å². The van der Waals surface area contributed by atoms with E-state index in [2.05, 4.69) is 6.07 Å². The molecule has 0 saturated heterocycles. The molecular formula is C14H10Na2O3S. The van der Waals surface area contributed by atoms with Gasteiger partial charge in [-0.05, 0) is 11.6 Å². The van der Waals surface area contributed by atoms with E-state index >= 15 is 0 Å². The van der Waals surface area contributed by atoms with Gasteiger partial charge in [-0.1, -0.05) is 24.3 Å². The van der Waals surface area contributed by atoms with Crippen LogP contribution < -0.4 is 59.1 Å². The first-order chi connectivity index (χ1) is 8.57. The van der Waals surface area contributed by atoms with Gasteiger partial charge in [-0.25, -0.2) is 8.42 Å². The number of hydrogen-bond acceptors (Lipinski definition) is 3. The molecule has 0 N–H and O–H groups in total. The molecule has 2 rings (SSSR count). The van der Waals surface area contributed by atoms with Gasteiger partial charge in [-0.15, -0.1) is 36.4 Å². The smallest absolute Gasteiger partial charge is 0.744 e. The van der Waals surface area contributed by atoms with E-state index in [9.17, 15) is 13.0 Å². The van der Waals surface area contributed by atoms with E-state index in [0.717, 1.165) is 5.56 Å². The van der Waals surface area contributed by atoms with Crippen molar-refractivity contribution >= 4 is 22.3 Å². The fraction of sp³-hybridized carbons (Fsp3) is 0. The summed E-state index contributed by atoms with van der Waals surface area (Å²) in [4.78, 5) is -0.211. The predicted octanol–water partition coefficient (Wildman–Crippen LogP) is -3.43. The van der Waals surface area contributed by atoms with Gasteiger partial charge >= 0.3 is 59.1 Å². The van der Waals surface area contributed by atoms with E-state index in [1.807, 2.05) is 18.2 Å². The molecule has 0 unspecified atom stereocenters. The Hall–Kier alpha value is 0.0900. The van der Waals surface area contributed by atoms with E-state index < -0.39 is 10.1 Å². The Balaban J connectivity index is 0.00000180. The summed E-state index contributed by atoms with van der Waals surface area (Å²) in [6.07, 6.45) is 3.31. The minimum Gasteiger partial charge on any atom is -0.744 e. The van der Waals surface area contributed by atoms with Crippen LogP contribution in [0.1, 0.15) is 11.1 Å². The first kappa shape index (κ1) is 20.1. The molecule has 6 heteroatoms. The molecule has 0 aliphatic heterocycles. The average Bonchev–Trinajstić information content (AvgIpc) is 2.37. The van der Waals surface area contributed by atoms with Crippen LogP contribution in [0.3, 0.4) is 0 Å². The zero-order valence-electron chi connectivity index (χ0n) is 11.4. The van der Waals surface area contributed by atoms with E-state index in [1.54, 1.807) is 30.4 Å². The van der Waals surface area contributed by atoms with Crippen LogP contribution in [0.5, 0.6) is 0 Å². The van der Waals surface area contributed by atoms with Gasteiger partial charge in [-0.2, -0.15) is 5.56 Å². The number of hydrogen-bond donors (Lipinski definition) is 0. The monoisotopic (exact) mass is 304 g/mol. The van der Waals surface area contributed by atoms with Crippen molar-refractivity contribution in [1.82, 2.24) is 0 Å². The van der Waals surface area contributed by atoms with E-state index in [4.69, 9.17) is 0 Å². The van der Waals surface area contributed by atoms with Crippen molar-refractivity contribution in [3.05, 3.63) is 65.7 Å². The third kappa shape index (κ3) is 5.84. The van der Waals surface area contributed by atoms with Crippen LogP contribution in [0.15, 0.2) is 53.4 Å². The zero-order chi connectivity index (χ0) is 13.0. The van der Waals surface area contributed by atoms with Crippen molar-refractivity contribution in [3.63, 3.8) is 0 Å². The molecule has 0 atom stereocenters. The zero-order valence-corrected chi connectivity index (χ0v) is 16.2. The van der Waals surface area contributed by atoms with Crippen LogP contribution in [0.25, 0.3) is 12.2 Å². The summed E-state index contributed by atoms with van der Waals surface area (Å²) in [5.41, 5.74) is 1.19. The van der Waals surface area contributed by atoms with Crippen molar-refractivity contribution in [2.75, 3.05) is 0 Å². The molecule has 2 aromatic carbocycles. The second kappa shape index (κ2) is 9.18. The van der Waals surface area contributed by atoms with Gasteiger partial charge in [-0.3, -0.25) is 0 Å². The maximum atomic E-state index is 11.1. The van der Waals surface area contributed by atoms with Crippen LogP contribution in [0.4, 0.5) is 0 Å². The van der Waals surface area contributed by atoms with E-state index in [-0.39, 0.29) is 64.0 Å². The Morgan fingerprint density at radius 3 is 2.20 bits per heavy atom. The maximum absolute atomic E-state index is 11.1. The molecule has 0 fully saturated rings. The van der Waals surface area contributed by atoms with Crippen molar-refractivity contribution in [3.8, 4) is 0 Å². The first-order valence-corrected chi connectivity index (χ1v) is 6.68. The molecular weight excluding hydrogens is 294 g/mol. The maximum Gasteiger partial charge on any atom is 1.00 e. The van der Waals surface area contributed by atoms with Crippen LogP contribution in [-0.4, -0.2) is 13.0 Å². The van der Waals surface area contributed by atoms with Crippen molar-refractivity contribution in [2.24, 2.45) is 0 Å². The third-order valence-electron chi connectivity index (χ3n) is 2.36. The van der Waals surface area contributed by atoms with Gasteiger partial charge in [0.15, 0.2) is 0 Å². The van der Waals surface area contributed by atoms with Crippen molar-refractivity contribution < 1.29 is 72.1 Å². The van der Waals surface area contributed by atoms with Crippen LogP contribution >= 0.6 is 0 Å². The predicted molar refractivity (Wildman–Crippen MR) is 68.6 cm³/mol. The summed E-state index contributed by atoms with van der Waals surface area (Å²) >= 11 is 0. The Kier molecular flexibility index (Phi) is 9.22. The molecule has 3 nitrogen and oxygen atoms in total. The summed E-state index contributed by atoms with van der Waals surface area (Å²) < 4.78 is 33.2. The summed E-state index contributed by atoms with van der Waals surface area (Å²) in [6, 6.07) is 16.4. The summed E-state index contributed by atoms with van der Waals surface area (Å²) in [6.45, 7) is 0.